The van der Waals surface area contributed by atoms with Crippen LogP contribution >= 0.6 is 0 Å². The highest BCUT2D eigenvalue weighted by atomic mass is 16.3. The highest BCUT2D eigenvalue weighted by molar-refractivity contribution is 6.16. The van der Waals surface area contributed by atoms with Gasteiger partial charge >= 0.3 is 0 Å². The third kappa shape index (κ3) is 1.50. The van der Waals surface area contributed by atoms with Crippen molar-refractivity contribution in [3.05, 3.63) is 81.9 Å². The Bertz CT molecular complexity index is 1030. The van der Waals surface area contributed by atoms with Crippen molar-refractivity contribution in [2.75, 3.05) is 0 Å². The lowest BCUT2D eigenvalue weighted by atomic mass is 9.66. The average Bonchev–Trinajstić information content (AvgIpc) is 2.75. The smallest absolute Gasteiger partial charge is 0.185 e. The Hall–Kier alpha value is -2.52. The second kappa shape index (κ2) is 4.80. The van der Waals surface area contributed by atoms with Crippen LogP contribution in [0.1, 0.15) is 41.7 Å². The van der Waals surface area contributed by atoms with Crippen molar-refractivity contribution < 1.29 is 14.7 Å². The molecular formula is C23H20O3. The standard InChI is InChI=1S/C23H20O3/c1-13-12-18(24)20(25)22(2)17-9-5-7-15-11-10-14-6-3-4-8-16(14)23(13,19(15)17)21(22)26/h3-9,12,20,25H,10-11H2,1-2H3/t20-,22?,23?/m0/s1. The van der Waals surface area contributed by atoms with Crippen LogP contribution in [-0.4, -0.2) is 22.8 Å². The van der Waals surface area contributed by atoms with Crippen molar-refractivity contribution in [3.63, 3.8) is 0 Å². The summed E-state index contributed by atoms with van der Waals surface area (Å²) in [5.74, 6) is -0.457. The van der Waals surface area contributed by atoms with Gasteiger partial charge in [0, 0.05) is 0 Å². The quantitative estimate of drug-likeness (QED) is 0.800. The summed E-state index contributed by atoms with van der Waals surface area (Å²) >= 11 is 0. The third-order valence-electron chi connectivity index (χ3n) is 6.75. The summed E-state index contributed by atoms with van der Waals surface area (Å²) in [7, 11) is 0. The van der Waals surface area contributed by atoms with E-state index < -0.39 is 16.9 Å². The van der Waals surface area contributed by atoms with Crippen molar-refractivity contribution >= 4 is 11.6 Å². The molecule has 1 spiro atoms. The molecule has 3 nitrogen and oxygen atoms in total. The van der Waals surface area contributed by atoms with E-state index in [1.54, 1.807) is 6.92 Å². The molecule has 0 aromatic heterocycles. The minimum Gasteiger partial charge on any atom is -0.384 e. The Morgan fingerprint density at radius 3 is 2.42 bits per heavy atom. The fraction of sp³-hybridized carbons (Fsp3) is 0.304. The Morgan fingerprint density at radius 1 is 0.962 bits per heavy atom. The van der Waals surface area contributed by atoms with Crippen LogP contribution in [-0.2, 0) is 33.3 Å². The molecule has 1 N–H and O–H groups in total. The van der Waals surface area contributed by atoms with Crippen molar-refractivity contribution in [2.45, 2.75) is 43.6 Å². The fourth-order valence-corrected chi connectivity index (χ4v) is 5.49. The van der Waals surface area contributed by atoms with Gasteiger partial charge in [-0.3, -0.25) is 9.59 Å². The molecule has 130 valence electrons. The molecular weight excluding hydrogens is 324 g/mol. The molecule has 5 rings (SSSR count). The predicted octanol–water partition coefficient (Wildman–Crippen LogP) is 2.80. The number of Topliss-reactive ketones (excluding diaryl/α,β-unsaturated/α-hetero) is 1. The zero-order valence-electron chi connectivity index (χ0n) is 14.9. The second-order valence-corrected chi connectivity index (χ2v) is 7.91. The third-order valence-corrected chi connectivity index (χ3v) is 6.75. The molecule has 3 aliphatic carbocycles. The number of hydrogen-bond acceptors (Lipinski definition) is 3. The van der Waals surface area contributed by atoms with Crippen LogP contribution in [0.5, 0.6) is 0 Å². The zero-order valence-corrected chi connectivity index (χ0v) is 14.9. The first-order valence-corrected chi connectivity index (χ1v) is 9.10. The first kappa shape index (κ1) is 15.7. The maximum Gasteiger partial charge on any atom is 0.185 e. The predicted molar refractivity (Wildman–Crippen MR) is 98.2 cm³/mol. The highest BCUT2D eigenvalue weighted by Crippen LogP contribution is 2.59. The average molecular weight is 344 g/mol. The zero-order chi connectivity index (χ0) is 18.3. The van der Waals surface area contributed by atoms with Gasteiger partial charge in [0.2, 0.25) is 0 Å². The molecule has 0 amide bonds. The van der Waals surface area contributed by atoms with Gasteiger partial charge in [0.1, 0.15) is 11.5 Å². The largest absolute Gasteiger partial charge is 0.384 e. The summed E-state index contributed by atoms with van der Waals surface area (Å²) in [5.41, 5.74) is 3.59. The van der Waals surface area contributed by atoms with Gasteiger partial charge in [0.05, 0.1) is 5.41 Å². The lowest BCUT2D eigenvalue weighted by Gasteiger charge is -2.33. The Kier molecular flexibility index (Phi) is 2.90. The molecule has 2 bridgehead atoms. The van der Waals surface area contributed by atoms with Crippen molar-refractivity contribution in [1.82, 2.24) is 0 Å². The van der Waals surface area contributed by atoms with E-state index in [4.69, 9.17) is 0 Å². The fourth-order valence-electron chi connectivity index (χ4n) is 5.49. The topological polar surface area (TPSA) is 54.4 Å². The van der Waals surface area contributed by atoms with Gasteiger partial charge in [-0.1, -0.05) is 42.5 Å². The van der Waals surface area contributed by atoms with Crippen molar-refractivity contribution in [3.8, 4) is 0 Å². The van der Waals surface area contributed by atoms with Gasteiger partial charge in [-0.15, -0.1) is 0 Å². The molecule has 3 aliphatic rings. The van der Waals surface area contributed by atoms with Crippen molar-refractivity contribution in [1.29, 1.82) is 0 Å². The van der Waals surface area contributed by atoms with Crippen LogP contribution in [0.3, 0.4) is 0 Å². The van der Waals surface area contributed by atoms with E-state index in [0.29, 0.717) is 0 Å². The number of hydrogen-bond donors (Lipinski definition) is 1. The van der Waals surface area contributed by atoms with Crippen LogP contribution in [0.25, 0.3) is 0 Å². The molecule has 2 aromatic rings. The first-order chi connectivity index (χ1) is 12.4. The summed E-state index contributed by atoms with van der Waals surface area (Å²) in [6.45, 7) is 3.60. The lowest BCUT2D eigenvalue weighted by Crippen LogP contribution is -2.48. The minimum atomic E-state index is -1.35. The van der Waals surface area contributed by atoms with Gasteiger partial charge in [-0.25, -0.2) is 0 Å². The van der Waals surface area contributed by atoms with Gasteiger partial charge < -0.3 is 5.11 Å². The molecule has 0 heterocycles. The van der Waals surface area contributed by atoms with Crippen LogP contribution in [0.4, 0.5) is 0 Å². The Labute approximate surface area is 152 Å². The summed E-state index contributed by atoms with van der Waals surface area (Å²) in [6.07, 6.45) is 1.86. The van der Waals surface area contributed by atoms with Crippen LogP contribution in [0, 0.1) is 0 Å². The second-order valence-electron chi connectivity index (χ2n) is 7.91. The van der Waals surface area contributed by atoms with Gasteiger partial charge in [-0.05, 0) is 66.2 Å². The lowest BCUT2D eigenvalue weighted by molar-refractivity contribution is -0.136. The van der Waals surface area contributed by atoms with Crippen LogP contribution < -0.4 is 0 Å². The Balaban J connectivity index is 2.04. The van der Waals surface area contributed by atoms with Crippen molar-refractivity contribution in [2.24, 2.45) is 0 Å². The van der Waals surface area contributed by atoms with E-state index in [1.165, 1.54) is 6.08 Å². The number of rotatable bonds is 0. The molecule has 0 radical (unpaired) electrons. The molecule has 3 atom stereocenters. The first-order valence-electron chi connectivity index (χ1n) is 9.10. The summed E-state index contributed by atoms with van der Waals surface area (Å²) in [4.78, 5) is 26.7. The van der Waals surface area contributed by atoms with E-state index in [0.717, 1.165) is 46.2 Å². The molecule has 26 heavy (non-hydrogen) atoms. The molecule has 3 heteroatoms. The maximum absolute atomic E-state index is 14.1. The van der Waals surface area contributed by atoms with E-state index in [-0.39, 0.29) is 11.6 Å². The van der Waals surface area contributed by atoms with Gasteiger partial charge in [-0.2, -0.15) is 0 Å². The van der Waals surface area contributed by atoms with E-state index in [9.17, 15) is 14.7 Å². The number of allylic oxidation sites excluding steroid dienone is 1. The number of benzene rings is 2. The van der Waals surface area contributed by atoms with Gasteiger partial charge in [0.25, 0.3) is 0 Å². The maximum atomic E-state index is 14.1. The molecule has 2 unspecified atom stereocenters. The monoisotopic (exact) mass is 344 g/mol. The number of carbonyl (C=O) groups excluding carboxylic acids is 2. The number of aliphatic hydroxyl groups is 1. The van der Waals surface area contributed by atoms with Crippen LogP contribution in [0.15, 0.2) is 54.1 Å². The van der Waals surface area contributed by atoms with Gasteiger partial charge in [0.15, 0.2) is 11.6 Å². The van der Waals surface area contributed by atoms with E-state index in [1.807, 2.05) is 37.3 Å². The SMILES string of the molecule is CC1=CC(=O)[C@H](O)C2(C)C(=O)C13c1ccccc1CCc1cccc2c13. The number of carbonyl (C=O) groups is 2. The number of ketones is 2. The van der Waals surface area contributed by atoms with E-state index in [2.05, 4.69) is 12.1 Å². The minimum absolute atomic E-state index is 0.0751. The highest BCUT2D eigenvalue weighted by Gasteiger charge is 2.65. The number of fused-ring (bicyclic) bond motifs is 3. The van der Waals surface area contributed by atoms with Crippen LogP contribution in [0.2, 0.25) is 0 Å². The Morgan fingerprint density at radius 2 is 1.62 bits per heavy atom. The summed E-state index contributed by atoms with van der Waals surface area (Å²) in [5, 5.41) is 10.9. The number of aryl methyl sites for hydroxylation is 2. The summed E-state index contributed by atoms with van der Waals surface area (Å²) < 4.78 is 0. The molecule has 0 fully saturated rings. The number of aliphatic hydroxyl groups excluding tert-OH is 1. The molecule has 0 saturated heterocycles. The van der Waals surface area contributed by atoms with E-state index >= 15 is 0 Å². The molecule has 0 aliphatic heterocycles. The molecule has 0 saturated carbocycles. The molecule has 2 aromatic carbocycles. The summed E-state index contributed by atoms with van der Waals surface area (Å²) in [6, 6.07) is 14.0. The normalized spacial score (nSPS) is 31.7.